The number of nitrogens with zero attached hydrogens (tertiary/aromatic N) is 2. The topological polar surface area (TPSA) is 63.8 Å². The molecule has 3 aromatic rings. The molecule has 2 heterocycles. The van der Waals surface area contributed by atoms with Gasteiger partial charge in [-0.25, -0.2) is 9.97 Å². The van der Waals surface area contributed by atoms with E-state index < -0.39 is 0 Å². The fraction of sp³-hybridized carbons (Fsp3) is 0.250. The molecule has 0 bridgehead atoms. The van der Waals surface area contributed by atoms with Gasteiger partial charge in [0, 0.05) is 10.6 Å². The van der Waals surface area contributed by atoms with Crippen LogP contribution in [-0.2, 0) is 6.42 Å². The van der Waals surface area contributed by atoms with Crippen molar-refractivity contribution in [3.63, 3.8) is 0 Å². The maximum atomic E-state index is 6.04. The number of anilines is 2. The molecule has 0 fully saturated rings. The van der Waals surface area contributed by atoms with E-state index in [9.17, 15) is 0 Å². The zero-order valence-corrected chi connectivity index (χ0v) is 12.9. The Bertz CT molecular complexity index is 766. The number of aryl methyl sites for hydroxylation is 1. The average molecular weight is 298 g/mol. The summed E-state index contributed by atoms with van der Waals surface area (Å²) in [6.45, 7) is 4.24. The summed E-state index contributed by atoms with van der Waals surface area (Å²) in [5, 5.41) is 4.54. The molecule has 0 saturated carbocycles. The summed E-state index contributed by atoms with van der Waals surface area (Å²) in [4.78, 5) is 11.1. The van der Waals surface area contributed by atoms with Crippen molar-refractivity contribution in [2.45, 2.75) is 26.3 Å². The number of thiophene rings is 1. The Labute approximate surface area is 128 Å². The third-order valence-corrected chi connectivity index (χ3v) is 4.73. The molecule has 0 radical (unpaired) electrons. The van der Waals surface area contributed by atoms with Crippen LogP contribution in [0.2, 0.25) is 0 Å². The second-order valence-electron chi connectivity index (χ2n) is 5.00. The Morgan fingerprint density at radius 3 is 2.86 bits per heavy atom. The van der Waals surface area contributed by atoms with Crippen LogP contribution in [0.5, 0.6) is 0 Å². The van der Waals surface area contributed by atoms with Crippen molar-refractivity contribution in [1.82, 2.24) is 9.97 Å². The Morgan fingerprint density at radius 2 is 2.10 bits per heavy atom. The van der Waals surface area contributed by atoms with Gasteiger partial charge in [-0.3, -0.25) is 0 Å². The number of hydrogen-bond donors (Lipinski definition) is 2. The van der Waals surface area contributed by atoms with Crippen LogP contribution in [0.25, 0.3) is 10.2 Å². The third kappa shape index (κ3) is 2.69. The van der Waals surface area contributed by atoms with E-state index >= 15 is 0 Å². The molecular formula is C16H18N4S. The first-order valence-electron chi connectivity index (χ1n) is 7.03. The summed E-state index contributed by atoms with van der Waals surface area (Å²) < 4.78 is 0. The lowest BCUT2D eigenvalue weighted by Crippen LogP contribution is -2.10. The van der Waals surface area contributed by atoms with Crippen LogP contribution in [0, 0.1) is 0 Å². The van der Waals surface area contributed by atoms with Crippen LogP contribution in [-0.4, -0.2) is 9.97 Å². The Balaban J connectivity index is 1.94. The molecule has 1 atom stereocenters. The SMILES string of the molecule is CCc1cc2c(NC(C)c3ccccc3N)ncnc2s1. The van der Waals surface area contributed by atoms with Crippen molar-refractivity contribution in [2.24, 2.45) is 0 Å². The van der Waals surface area contributed by atoms with Crippen LogP contribution < -0.4 is 11.1 Å². The molecule has 0 aliphatic carbocycles. The molecule has 1 unspecified atom stereocenters. The summed E-state index contributed by atoms with van der Waals surface area (Å²) in [5.41, 5.74) is 7.92. The molecule has 0 amide bonds. The van der Waals surface area contributed by atoms with Crippen molar-refractivity contribution in [3.05, 3.63) is 47.1 Å². The first-order chi connectivity index (χ1) is 10.2. The van der Waals surface area contributed by atoms with Gasteiger partial charge in [0.2, 0.25) is 0 Å². The average Bonchev–Trinajstić information content (AvgIpc) is 2.92. The summed E-state index contributed by atoms with van der Waals surface area (Å²) in [5.74, 6) is 0.867. The number of para-hydroxylation sites is 1. The highest BCUT2D eigenvalue weighted by Gasteiger charge is 2.13. The van der Waals surface area contributed by atoms with Gasteiger partial charge in [-0.2, -0.15) is 0 Å². The van der Waals surface area contributed by atoms with Gasteiger partial charge < -0.3 is 11.1 Å². The fourth-order valence-corrected chi connectivity index (χ4v) is 3.32. The maximum absolute atomic E-state index is 6.04. The predicted molar refractivity (Wildman–Crippen MR) is 89.7 cm³/mol. The van der Waals surface area contributed by atoms with E-state index in [1.165, 1.54) is 4.88 Å². The van der Waals surface area contributed by atoms with Gasteiger partial charge in [0.15, 0.2) is 0 Å². The minimum Gasteiger partial charge on any atom is -0.398 e. The molecular weight excluding hydrogens is 280 g/mol. The molecule has 5 heteroatoms. The van der Waals surface area contributed by atoms with Crippen LogP contribution in [0.15, 0.2) is 36.7 Å². The van der Waals surface area contributed by atoms with Gasteiger partial charge in [-0.05, 0) is 31.0 Å². The molecule has 0 spiro atoms. The van der Waals surface area contributed by atoms with E-state index in [1.807, 2.05) is 24.3 Å². The molecule has 4 nitrogen and oxygen atoms in total. The minimum absolute atomic E-state index is 0.0919. The Morgan fingerprint density at radius 1 is 1.29 bits per heavy atom. The number of nitrogen functional groups attached to an aromatic ring is 1. The lowest BCUT2D eigenvalue weighted by molar-refractivity contribution is 0.879. The lowest BCUT2D eigenvalue weighted by Gasteiger charge is -2.17. The second-order valence-corrected chi connectivity index (χ2v) is 6.12. The lowest BCUT2D eigenvalue weighted by atomic mass is 10.1. The minimum atomic E-state index is 0.0919. The normalized spacial score (nSPS) is 12.5. The molecule has 0 aliphatic rings. The fourth-order valence-electron chi connectivity index (χ4n) is 2.38. The van der Waals surface area contributed by atoms with Gasteiger partial charge in [-0.1, -0.05) is 25.1 Å². The Kier molecular flexibility index (Phi) is 3.75. The van der Waals surface area contributed by atoms with E-state index in [4.69, 9.17) is 5.73 Å². The first-order valence-corrected chi connectivity index (χ1v) is 7.85. The monoisotopic (exact) mass is 298 g/mol. The van der Waals surface area contributed by atoms with Crippen molar-refractivity contribution in [2.75, 3.05) is 11.1 Å². The van der Waals surface area contributed by atoms with E-state index in [0.29, 0.717) is 0 Å². The summed E-state index contributed by atoms with van der Waals surface area (Å²) >= 11 is 1.72. The number of aromatic nitrogens is 2. The molecule has 2 aromatic heterocycles. The van der Waals surface area contributed by atoms with E-state index in [-0.39, 0.29) is 6.04 Å². The number of fused-ring (bicyclic) bond motifs is 1. The van der Waals surface area contributed by atoms with Gasteiger partial charge in [0.05, 0.1) is 11.4 Å². The molecule has 3 rings (SSSR count). The number of nitrogens with one attached hydrogen (secondary N) is 1. The van der Waals surface area contributed by atoms with Crippen molar-refractivity contribution in [3.8, 4) is 0 Å². The third-order valence-electron chi connectivity index (χ3n) is 3.54. The molecule has 0 saturated heterocycles. The second kappa shape index (κ2) is 5.69. The molecule has 21 heavy (non-hydrogen) atoms. The van der Waals surface area contributed by atoms with Crippen LogP contribution in [0.3, 0.4) is 0 Å². The highest BCUT2D eigenvalue weighted by Crippen LogP contribution is 2.31. The smallest absolute Gasteiger partial charge is 0.138 e. The van der Waals surface area contributed by atoms with Gasteiger partial charge in [0.1, 0.15) is 17.0 Å². The van der Waals surface area contributed by atoms with Gasteiger partial charge in [0.25, 0.3) is 0 Å². The van der Waals surface area contributed by atoms with E-state index in [1.54, 1.807) is 17.7 Å². The van der Waals surface area contributed by atoms with Crippen molar-refractivity contribution in [1.29, 1.82) is 0 Å². The molecule has 3 N–H and O–H groups in total. The summed E-state index contributed by atoms with van der Waals surface area (Å²) in [6, 6.07) is 10.2. The highest BCUT2D eigenvalue weighted by molar-refractivity contribution is 7.18. The predicted octanol–water partition coefficient (Wildman–Crippen LogP) is 4.01. The van der Waals surface area contributed by atoms with Crippen LogP contribution in [0.4, 0.5) is 11.5 Å². The number of rotatable bonds is 4. The van der Waals surface area contributed by atoms with Crippen molar-refractivity contribution < 1.29 is 0 Å². The largest absolute Gasteiger partial charge is 0.398 e. The Hall–Kier alpha value is -2.14. The zero-order chi connectivity index (χ0) is 14.8. The van der Waals surface area contributed by atoms with Gasteiger partial charge >= 0.3 is 0 Å². The quantitative estimate of drug-likeness (QED) is 0.714. The van der Waals surface area contributed by atoms with E-state index in [2.05, 4.69) is 35.2 Å². The zero-order valence-electron chi connectivity index (χ0n) is 12.1. The maximum Gasteiger partial charge on any atom is 0.138 e. The van der Waals surface area contributed by atoms with Crippen LogP contribution in [0.1, 0.15) is 30.3 Å². The standard InChI is InChI=1S/C16H18N4S/c1-3-11-8-13-15(18-9-19-16(13)21-11)20-10(2)12-6-4-5-7-14(12)17/h4-10H,3,17H2,1-2H3,(H,18,19,20). The highest BCUT2D eigenvalue weighted by atomic mass is 32.1. The van der Waals surface area contributed by atoms with Crippen LogP contribution >= 0.6 is 11.3 Å². The molecule has 1 aromatic carbocycles. The summed E-state index contributed by atoms with van der Waals surface area (Å²) in [7, 11) is 0. The first kappa shape index (κ1) is 13.8. The number of hydrogen-bond acceptors (Lipinski definition) is 5. The molecule has 108 valence electrons. The van der Waals surface area contributed by atoms with E-state index in [0.717, 1.165) is 33.7 Å². The number of nitrogens with two attached hydrogens (primary N) is 1. The summed E-state index contributed by atoms with van der Waals surface area (Å²) in [6.07, 6.45) is 2.63. The van der Waals surface area contributed by atoms with Crippen molar-refractivity contribution >= 4 is 33.1 Å². The number of benzene rings is 1. The molecule has 0 aliphatic heterocycles. The van der Waals surface area contributed by atoms with Gasteiger partial charge in [-0.15, -0.1) is 11.3 Å².